The Morgan fingerprint density at radius 2 is 2.00 bits per heavy atom. The second kappa shape index (κ2) is 11.1. The fourth-order valence-electron chi connectivity index (χ4n) is 3.95. The van der Waals surface area contributed by atoms with Crippen LogP contribution in [0.25, 0.3) is 5.76 Å². The number of aromatic nitrogens is 1. The molecule has 1 unspecified atom stereocenters. The first kappa shape index (κ1) is 26.3. The SMILES string of the molecule is C=CCOC(=O)c1sc(N2C(=O)C(=O)/C(=C(/O)c3cccc(OCC)c3)C2c2cccc(Br)c2)nc1C. The van der Waals surface area contributed by atoms with Gasteiger partial charge in [0.15, 0.2) is 5.13 Å². The minimum Gasteiger partial charge on any atom is -0.507 e. The van der Waals surface area contributed by atoms with Crippen molar-refractivity contribution < 1.29 is 29.0 Å². The number of nitrogens with zero attached hydrogens (tertiary/aromatic N) is 2. The first-order valence-corrected chi connectivity index (χ1v) is 12.9. The maximum Gasteiger partial charge on any atom is 0.350 e. The maximum absolute atomic E-state index is 13.4. The van der Waals surface area contributed by atoms with E-state index in [9.17, 15) is 19.5 Å². The van der Waals surface area contributed by atoms with Gasteiger partial charge in [-0.25, -0.2) is 9.78 Å². The van der Waals surface area contributed by atoms with Crippen LogP contribution in [0.5, 0.6) is 5.75 Å². The second-order valence-corrected chi connectivity index (χ2v) is 9.88. The second-order valence-electron chi connectivity index (χ2n) is 7.98. The van der Waals surface area contributed by atoms with Crippen LogP contribution in [0.4, 0.5) is 5.13 Å². The number of benzene rings is 2. The van der Waals surface area contributed by atoms with Crippen molar-refractivity contribution in [2.24, 2.45) is 0 Å². The van der Waals surface area contributed by atoms with Crippen LogP contribution in [0.3, 0.4) is 0 Å². The summed E-state index contributed by atoms with van der Waals surface area (Å²) in [7, 11) is 0. The fraction of sp³-hybridized carbons (Fsp3) is 0.185. The van der Waals surface area contributed by atoms with Crippen LogP contribution in [-0.4, -0.2) is 41.0 Å². The highest BCUT2D eigenvalue weighted by Gasteiger charge is 2.48. The molecule has 1 fully saturated rings. The molecule has 0 spiro atoms. The lowest BCUT2D eigenvalue weighted by Gasteiger charge is -2.23. The lowest BCUT2D eigenvalue weighted by Crippen LogP contribution is -2.29. The molecule has 0 saturated carbocycles. The van der Waals surface area contributed by atoms with Gasteiger partial charge in [-0.15, -0.1) is 0 Å². The Morgan fingerprint density at radius 1 is 1.24 bits per heavy atom. The first-order chi connectivity index (χ1) is 17.8. The minimum absolute atomic E-state index is 0.0227. The molecule has 1 amide bonds. The minimum atomic E-state index is -0.990. The van der Waals surface area contributed by atoms with Crippen molar-refractivity contribution >= 4 is 55.8 Å². The molecule has 1 N–H and O–H groups in total. The Balaban J connectivity index is 1.88. The van der Waals surface area contributed by atoms with Gasteiger partial charge in [-0.05, 0) is 43.7 Å². The Labute approximate surface area is 226 Å². The molecule has 1 aliphatic rings. The van der Waals surface area contributed by atoms with Crippen molar-refractivity contribution in [1.29, 1.82) is 0 Å². The van der Waals surface area contributed by atoms with E-state index in [2.05, 4.69) is 27.5 Å². The Hall–Kier alpha value is -3.76. The smallest absolute Gasteiger partial charge is 0.350 e. The van der Waals surface area contributed by atoms with Crippen LogP contribution >= 0.6 is 27.3 Å². The number of thiazole rings is 1. The zero-order valence-electron chi connectivity index (χ0n) is 20.1. The molecular formula is C27H23BrN2O6S. The standard InChI is InChI=1S/C27H23BrN2O6S/c1-4-12-36-26(34)24-15(3)29-27(37-24)30-21(16-8-6-10-18(28)13-16)20(23(32)25(30)33)22(31)17-9-7-11-19(14-17)35-5-2/h4,6-11,13-14,21,31H,1,5,12H2,2-3H3/b22-20+. The van der Waals surface area contributed by atoms with Crippen LogP contribution in [-0.2, 0) is 14.3 Å². The molecule has 0 aliphatic carbocycles. The van der Waals surface area contributed by atoms with Crippen LogP contribution in [0.2, 0.25) is 0 Å². The summed E-state index contributed by atoms with van der Waals surface area (Å²) in [6.45, 7) is 7.43. The number of aliphatic hydroxyl groups excluding tert-OH is 1. The van der Waals surface area contributed by atoms with Gasteiger partial charge in [-0.3, -0.25) is 14.5 Å². The van der Waals surface area contributed by atoms with Gasteiger partial charge < -0.3 is 14.6 Å². The van der Waals surface area contributed by atoms with E-state index in [4.69, 9.17) is 9.47 Å². The summed E-state index contributed by atoms with van der Waals surface area (Å²) in [4.78, 5) is 45.1. The van der Waals surface area contributed by atoms with Gasteiger partial charge in [0.2, 0.25) is 0 Å². The van der Waals surface area contributed by atoms with E-state index >= 15 is 0 Å². The number of amides is 1. The van der Waals surface area contributed by atoms with Gasteiger partial charge in [-0.1, -0.05) is 64.2 Å². The predicted octanol–water partition coefficient (Wildman–Crippen LogP) is 5.58. The summed E-state index contributed by atoms with van der Waals surface area (Å²) in [5.41, 5.74) is 1.15. The van der Waals surface area contributed by atoms with Crippen LogP contribution in [0.1, 0.15) is 39.5 Å². The monoisotopic (exact) mass is 582 g/mol. The number of ether oxygens (including phenoxy) is 2. The number of anilines is 1. The number of halogens is 1. The van der Waals surface area contributed by atoms with Crippen molar-refractivity contribution in [3.8, 4) is 5.75 Å². The molecule has 2 heterocycles. The number of hydrogen-bond acceptors (Lipinski definition) is 8. The molecule has 1 aromatic heterocycles. The molecule has 1 saturated heterocycles. The number of ketones is 1. The molecular weight excluding hydrogens is 560 g/mol. The molecule has 190 valence electrons. The largest absolute Gasteiger partial charge is 0.507 e. The van der Waals surface area contributed by atoms with E-state index in [-0.39, 0.29) is 27.9 Å². The van der Waals surface area contributed by atoms with Crippen LogP contribution in [0.15, 0.2) is 71.2 Å². The van der Waals surface area contributed by atoms with Gasteiger partial charge in [0, 0.05) is 10.0 Å². The molecule has 3 aromatic rings. The summed E-state index contributed by atoms with van der Waals surface area (Å²) < 4.78 is 11.4. The molecule has 8 nitrogen and oxygen atoms in total. The van der Waals surface area contributed by atoms with Crippen molar-refractivity contribution in [1.82, 2.24) is 4.98 Å². The summed E-state index contributed by atoms with van der Waals surface area (Å²) in [6, 6.07) is 12.7. The summed E-state index contributed by atoms with van der Waals surface area (Å²) in [5, 5.41) is 11.5. The topological polar surface area (TPSA) is 106 Å². The summed E-state index contributed by atoms with van der Waals surface area (Å²) in [5.74, 6) is -2.17. The fourth-order valence-corrected chi connectivity index (χ4v) is 5.36. The molecule has 4 rings (SSSR count). The number of Topliss-reactive ketones (excluding diaryl/α,β-unsaturated/α-hetero) is 1. The number of esters is 1. The molecule has 0 radical (unpaired) electrons. The van der Waals surface area contributed by atoms with Gasteiger partial charge in [-0.2, -0.15) is 0 Å². The van der Waals surface area contributed by atoms with Crippen LogP contribution < -0.4 is 9.64 Å². The average Bonchev–Trinajstić information content (AvgIpc) is 3.39. The summed E-state index contributed by atoms with van der Waals surface area (Å²) in [6.07, 6.45) is 1.45. The number of carbonyl (C=O) groups excluding carboxylic acids is 3. The third-order valence-corrected chi connectivity index (χ3v) is 7.17. The van der Waals surface area contributed by atoms with Gasteiger partial charge in [0.25, 0.3) is 5.78 Å². The highest BCUT2D eigenvalue weighted by Crippen LogP contribution is 2.44. The van der Waals surface area contributed by atoms with Gasteiger partial charge in [0.05, 0.1) is 23.9 Å². The van der Waals surface area contributed by atoms with Gasteiger partial charge >= 0.3 is 11.9 Å². The van der Waals surface area contributed by atoms with E-state index in [1.165, 1.54) is 11.0 Å². The van der Waals surface area contributed by atoms with E-state index in [0.717, 1.165) is 15.8 Å². The Morgan fingerprint density at radius 3 is 2.70 bits per heavy atom. The van der Waals surface area contributed by atoms with Crippen molar-refractivity contribution in [3.63, 3.8) is 0 Å². The van der Waals surface area contributed by atoms with E-state index in [0.29, 0.717) is 29.2 Å². The summed E-state index contributed by atoms with van der Waals surface area (Å²) >= 11 is 4.38. The predicted molar refractivity (Wildman–Crippen MR) is 144 cm³/mol. The normalized spacial score (nSPS) is 16.6. The highest BCUT2D eigenvalue weighted by molar-refractivity contribution is 9.10. The Bertz CT molecular complexity index is 1430. The molecule has 0 bridgehead atoms. The number of aryl methyl sites for hydroxylation is 1. The van der Waals surface area contributed by atoms with Crippen molar-refractivity contribution in [2.45, 2.75) is 19.9 Å². The molecule has 1 atom stereocenters. The Kier molecular flexibility index (Phi) is 7.89. The number of carbonyl (C=O) groups is 3. The quantitative estimate of drug-likeness (QED) is 0.121. The van der Waals surface area contributed by atoms with E-state index in [1.807, 2.05) is 13.0 Å². The van der Waals surface area contributed by atoms with Gasteiger partial charge in [0.1, 0.15) is 23.0 Å². The molecule has 2 aromatic carbocycles. The first-order valence-electron chi connectivity index (χ1n) is 11.3. The average molecular weight is 583 g/mol. The lowest BCUT2D eigenvalue weighted by atomic mass is 9.95. The maximum atomic E-state index is 13.4. The number of rotatable bonds is 8. The van der Waals surface area contributed by atoms with Crippen molar-refractivity contribution in [2.75, 3.05) is 18.1 Å². The lowest BCUT2D eigenvalue weighted by molar-refractivity contribution is -0.132. The molecule has 37 heavy (non-hydrogen) atoms. The molecule has 10 heteroatoms. The molecule has 1 aliphatic heterocycles. The number of aliphatic hydroxyl groups is 1. The zero-order chi connectivity index (χ0) is 26.7. The highest BCUT2D eigenvalue weighted by atomic mass is 79.9. The van der Waals surface area contributed by atoms with E-state index < -0.39 is 23.7 Å². The third kappa shape index (κ3) is 5.21. The van der Waals surface area contributed by atoms with E-state index in [1.54, 1.807) is 49.4 Å². The van der Waals surface area contributed by atoms with Crippen LogP contribution in [0, 0.1) is 6.92 Å². The van der Waals surface area contributed by atoms with Crippen molar-refractivity contribution in [3.05, 3.63) is 92.9 Å². The third-order valence-electron chi connectivity index (χ3n) is 5.54. The number of hydrogen-bond donors (Lipinski definition) is 1. The zero-order valence-corrected chi connectivity index (χ0v) is 22.5.